The fourth-order valence-electron chi connectivity index (χ4n) is 1.70. The number of hydrazone groups is 1. The number of fused-ring (bicyclic) bond motifs is 1. The molecule has 0 spiro atoms. The summed E-state index contributed by atoms with van der Waals surface area (Å²) in [6.07, 6.45) is 1.59. The molecule has 0 saturated carbocycles. The monoisotopic (exact) mass is 303 g/mol. The van der Waals surface area contributed by atoms with E-state index in [0.29, 0.717) is 5.02 Å². The minimum absolute atomic E-state index is 0.131. The summed E-state index contributed by atoms with van der Waals surface area (Å²) in [5.74, 6) is 0.131. The lowest BCUT2D eigenvalue weighted by molar-refractivity contribution is 0.475. The summed E-state index contributed by atoms with van der Waals surface area (Å²) in [6, 6.07) is 12.6. The molecule has 0 bridgehead atoms. The van der Waals surface area contributed by atoms with E-state index in [1.165, 1.54) is 17.4 Å². The van der Waals surface area contributed by atoms with Crippen molar-refractivity contribution in [2.45, 2.75) is 0 Å². The van der Waals surface area contributed by atoms with Gasteiger partial charge in [-0.1, -0.05) is 35.1 Å². The molecule has 0 unspecified atom stereocenters. The quantitative estimate of drug-likeness (QED) is 0.565. The Balaban J connectivity index is 1.76. The van der Waals surface area contributed by atoms with Gasteiger partial charge in [-0.15, -0.1) is 0 Å². The predicted octanol–water partition coefficient (Wildman–Crippen LogP) is 4.10. The number of hydrogen-bond acceptors (Lipinski definition) is 5. The minimum Gasteiger partial charge on any atom is -0.508 e. The Morgan fingerprint density at radius 1 is 1.25 bits per heavy atom. The maximum Gasteiger partial charge on any atom is 0.204 e. The summed E-state index contributed by atoms with van der Waals surface area (Å²) in [5, 5.41) is 14.5. The van der Waals surface area contributed by atoms with Gasteiger partial charge >= 0.3 is 0 Å². The Hall–Kier alpha value is -2.11. The molecule has 0 aliphatic rings. The molecular weight excluding hydrogens is 294 g/mol. The maximum absolute atomic E-state index is 9.27. The molecular formula is C14H10ClN3OS. The maximum atomic E-state index is 9.27. The Kier molecular flexibility index (Phi) is 3.54. The molecule has 0 atom stereocenters. The van der Waals surface area contributed by atoms with Crippen LogP contribution in [0.25, 0.3) is 10.2 Å². The number of halogens is 1. The lowest BCUT2D eigenvalue weighted by Gasteiger charge is -1.98. The molecule has 0 fully saturated rings. The van der Waals surface area contributed by atoms with E-state index in [0.717, 1.165) is 20.9 Å². The average Bonchev–Trinajstić information content (AvgIpc) is 2.84. The number of nitrogens with zero attached hydrogens (tertiary/aromatic N) is 2. The Morgan fingerprint density at radius 2 is 2.10 bits per heavy atom. The minimum atomic E-state index is 0.131. The first-order valence-corrected chi connectivity index (χ1v) is 7.05. The second kappa shape index (κ2) is 5.48. The van der Waals surface area contributed by atoms with Crippen LogP contribution in [0.3, 0.4) is 0 Å². The Morgan fingerprint density at radius 3 is 2.90 bits per heavy atom. The molecule has 0 aliphatic heterocycles. The van der Waals surface area contributed by atoms with Gasteiger partial charge in [0.25, 0.3) is 0 Å². The van der Waals surface area contributed by atoms with Gasteiger partial charge in [0.05, 0.1) is 21.5 Å². The SMILES string of the molecule is Oc1ccc(/C=N/Nc2nc3ccccc3s2)c(Cl)c1. The normalized spacial score (nSPS) is 11.2. The van der Waals surface area contributed by atoms with Crippen LogP contribution in [0.5, 0.6) is 5.75 Å². The third kappa shape index (κ3) is 2.74. The number of thiazole rings is 1. The van der Waals surface area contributed by atoms with Crippen LogP contribution < -0.4 is 5.43 Å². The Labute approximate surface area is 124 Å². The Bertz CT molecular complexity index is 752. The molecule has 0 aliphatic carbocycles. The number of benzene rings is 2. The number of rotatable bonds is 3. The van der Waals surface area contributed by atoms with E-state index in [1.807, 2.05) is 24.3 Å². The molecule has 1 aromatic heterocycles. The smallest absolute Gasteiger partial charge is 0.204 e. The number of aromatic nitrogens is 1. The van der Waals surface area contributed by atoms with Crippen LogP contribution in [0, 0.1) is 0 Å². The van der Waals surface area contributed by atoms with Crippen molar-refractivity contribution in [1.82, 2.24) is 4.98 Å². The average molecular weight is 304 g/mol. The van der Waals surface area contributed by atoms with Gasteiger partial charge < -0.3 is 5.11 Å². The number of hydrogen-bond donors (Lipinski definition) is 2. The van der Waals surface area contributed by atoms with Crippen molar-refractivity contribution < 1.29 is 5.11 Å². The van der Waals surface area contributed by atoms with Gasteiger partial charge in [0, 0.05) is 5.56 Å². The molecule has 2 aromatic carbocycles. The largest absolute Gasteiger partial charge is 0.508 e. The summed E-state index contributed by atoms with van der Waals surface area (Å²) in [4.78, 5) is 4.40. The van der Waals surface area contributed by atoms with Crippen molar-refractivity contribution in [3.05, 3.63) is 53.1 Å². The molecule has 4 nitrogen and oxygen atoms in total. The highest BCUT2D eigenvalue weighted by molar-refractivity contribution is 7.22. The number of phenols is 1. The van der Waals surface area contributed by atoms with E-state index >= 15 is 0 Å². The van der Waals surface area contributed by atoms with Crippen molar-refractivity contribution in [3.8, 4) is 5.75 Å². The highest BCUT2D eigenvalue weighted by Gasteiger charge is 2.01. The summed E-state index contributed by atoms with van der Waals surface area (Å²) in [7, 11) is 0. The zero-order valence-electron chi connectivity index (χ0n) is 10.2. The first kappa shape index (κ1) is 12.9. The van der Waals surface area contributed by atoms with Crippen LogP contribution in [0.15, 0.2) is 47.6 Å². The van der Waals surface area contributed by atoms with Gasteiger partial charge in [0.2, 0.25) is 5.13 Å². The summed E-state index contributed by atoms with van der Waals surface area (Å²) >= 11 is 7.51. The van der Waals surface area contributed by atoms with E-state index in [4.69, 9.17) is 11.6 Å². The van der Waals surface area contributed by atoms with Crippen molar-refractivity contribution in [3.63, 3.8) is 0 Å². The topological polar surface area (TPSA) is 57.5 Å². The summed E-state index contributed by atoms with van der Waals surface area (Å²) in [5.41, 5.74) is 4.54. The number of aromatic hydroxyl groups is 1. The van der Waals surface area contributed by atoms with Crippen molar-refractivity contribution in [1.29, 1.82) is 0 Å². The van der Waals surface area contributed by atoms with Crippen LogP contribution >= 0.6 is 22.9 Å². The van der Waals surface area contributed by atoms with Crippen LogP contribution in [-0.4, -0.2) is 16.3 Å². The van der Waals surface area contributed by atoms with Gasteiger partial charge in [0.15, 0.2) is 0 Å². The molecule has 100 valence electrons. The fourth-order valence-corrected chi connectivity index (χ4v) is 2.74. The number of phenolic OH excluding ortho intramolecular Hbond substituents is 1. The fraction of sp³-hybridized carbons (Fsp3) is 0. The molecule has 2 N–H and O–H groups in total. The number of para-hydroxylation sites is 1. The van der Waals surface area contributed by atoms with E-state index in [1.54, 1.807) is 18.3 Å². The lowest BCUT2D eigenvalue weighted by Crippen LogP contribution is -1.90. The molecule has 0 radical (unpaired) electrons. The number of nitrogens with one attached hydrogen (secondary N) is 1. The van der Waals surface area contributed by atoms with E-state index in [-0.39, 0.29) is 5.75 Å². The van der Waals surface area contributed by atoms with E-state index in [2.05, 4.69) is 15.5 Å². The summed E-state index contributed by atoms with van der Waals surface area (Å²) in [6.45, 7) is 0. The second-order valence-electron chi connectivity index (χ2n) is 4.06. The van der Waals surface area contributed by atoms with Gasteiger partial charge in [-0.05, 0) is 30.3 Å². The zero-order valence-corrected chi connectivity index (χ0v) is 11.8. The van der Waals surface area contributed by atoms with Crippen LogP contribution in [0.4, 0.5) is 5.13 Å². The van der Waals surface area contributed by atoms with Crippen LogP contribution in [0.2, 0.25) is 5.02 Å². The van der Waals surface area contributed by atoms with Crippen LogP contribution in [-0.2, 0) is 0 Å². The van der Waals surface area contributed by atoms with E-state index < -0.39 is 0 Å². The highest BCUT2D eigenvalue weighted by Crippen LogP contribution is 2.25. The van der Waals surface area contributed by atoms with Gasteiger partial charge in [-0.25, -0.2) is 4.98 Å². The first-order chi connectivity index (χ1) is 9.72. The van der Waals surface area contributed by atoms with Gasteiger partial charge in [0.1, 0.15) is 5.75 Å². The lowest BCUT2D eigenvalue weighted by atomic mass is 10.2. The standard InChI is InChI=1S/C14H10ClN3OS/c15-11-7-10(19)6-5-9(11)8-16-18-14-17-12-3-1-2-4-13(12)20-14/h1-8,19H,(H,17,18)/b16-8+. The van der Waals surface area contributed by atoms with Gasteiger partial charge in [-0.3, -0.25) is 5.43 Å². The second-order valence-corrected chi connectivity index (χ2v) is 5.50. The van der Waals surface area contributed by atoms with Crippen LogP contribution in [0.1, 0.15) is 5.56 Å². The van der Waals surface area contributed by atoms with Crippen molar-refractivity contribution in [2.24, 2.45) is 5.10 Å². The molecule has 3 rings (SSSR count). The van der Waals surface area contributed by atoms with Crippen molar-refractivity contribution >= 4 is 44.5 Å². The molecule has 1 heterocycles. The molecule has 6 heteroatoms. The third-order valence-corrected chi connectivity index (χ3v) is 3.91. The first-order valence-electron chi connectivity index (χ1n) is 5.85. The molecule has 20 heavy (non-hydrogen) atoms. The molecule has 3 aromatic rings. The van der Waals surface area contributed by atoms with E-state index in [9.17, 15) is 5.11 Å². The predicted molar refractivity (Wildman–Crippen MR) is 84.0 cm³/mol. The number of anilines is 1. The van der Waals surface area contributed by atoms with Gasteiger partial charge in [-0.2, -0.15) is 5.10 Å². The molecule has 0 amide bonds. The van der Waals surface area contributed by atoms with Crippen molar-refractivity contribution in [2.75, 3.05) is 5.43 Å². The zero-order chi connectivity index (χ0) is 13.9. The summed E-state index contributed by atoms with van der Waals surface area (Å²) < 4.78 is 1.10. The highest BCUT2D eigenvalue weighted by atomic mass is 35.5. The third-order valence-electron chi connectivity index (χ3n) is 2.64. The molecule has 0 saturated heterocycles.